The molecule has 0 radical (unpaired) electrons. The summed E-state index contributed by atoms with van der Waals surface area (Å²) in [7, 11) is 0. The molecule has 0 aliphatic heterocycles. The lowest BCUT2D eigenvalue weighted by Gasteiger charge is -2.11. The number of aromatic nitrogens is 2. The highest BCUT2D eigenvalue weighted by Crippen LogP contribution is 2.26. The predicted molar refractivity (Wildman–Crippen MR) is 123 cm³/mol. The van der Waals surface area contributed by atoms with Crippen molar-refractivity contribution < 1.29 is 23.0 Å². The van der Waals surface area contributed by atoms with Crippen molar-refractivity contribution in [2.45, 2.75) is 19.8 Å². The molecular formula is C27H20F2N2O3. The topological polar surface area (TPSA) is 53.5 Å². The van der Waals surface area contributed by atoms with Crippen molar-refractivity contribution in [3.63, 3.8) is 0 Å². The summed E-state index contributed by atoms with van der Waals surface area (Å²) in [6, 6.07) is 27.2. The number of rotatable bonds is 8. The zero-order valence-electron chi connectivity index (χ0n) is 18.0. The van der Waals surface area contributed by atoms with Crippen LogP contribution in [-0.4, -0.2) is 16.8 Å². The molecule has 5 nitrogen and oxygen atoms in total. The molecule has 7 heteroatoms. The normalized spacial score (nSPS) is 10.3. The van der Waals surface area contributed by atoms with Gasteiger partial charge in [-0.1, -0.05) is 72.7 Å². The molecule has 170 valence electrons. The summed E-state index contributed by atoms with van der Waals surface area (Å²) < 4.78 is 41.1. The quantitative estimate of drug-likeness (QED) is 0.320. The van der Waals surface area contributed by atoms with E-state index in [9.17, 15) is 8.78 Å². The van der Waals surface area contributed by atoms with Gasteiger partial charge in [0.15, 0.2) is 5.75 Å². The Kier molecular flexibility index (Phi) is 7.65. The van der Waals surface area contributed by atoms with Crippen molar-refractivity contribution in [2.24, 2.45) is 0 Å². The molecule has 0 saturated carbocycles. The molecule has 0 spiro atoms. The number of alkyl halides is 2. The number of halogens is 2. The first-order chi connectivity index (χ1) is 16.7. The van der Waals surface area contributed by atoms with Gasteiger partial charge in [0.2, 0.25) is 0 Å². The summed E-state index contributed by atoms with van der Waals surface area (Å²) in [5.74, 6) is 6.43. The van der Waals surface area contributed by atoms with E-state index in [4.69, 9.17) is 9.47 Å². The Morgan fingerprint density at radius 2 is 1.38 bits per heavy atom. The average molecular weight is 458 g/mol. The van der Waals surface area contributed by atoms with Crippen LogP contribution in [0, 0.1) is 11.8 Å². The SMILES string of the molecule is FC(F)Oc1cccc(C#Cc2cc(OCc3ccccc3)c(OCc3ccccc3)nn2)c1. The molecule has 34 heavy (non-hydrogen) atoms. The van der Waals surface area contributed by atoms with E-state index >= 15 is 0 Å². The Balaban J connectivity index is 1.54. The van der Waals surface area contributed by atoms with Crippen molar-refractivity contribution in [2.75, 3.05) is 0 Å². The number of ether oxygens (including phenoxy) is 3. The third kappa shape index (κ3) is 6.78. The minimum atomic E-state index is -2.90. The largest absolute Gasteiger partial charge is 0.483 e. The lowest BCUT2D eigenvalue weighted by Crippen LogP contribution is -2.04. The van der Waals surface area contributed by atoms with Crippen molar-refractivity contribution in [1.29, 1.82) is 0 Å². The Morgan fingerprint density at radius 1 is 0.706 bits per heavy atom. The molecule has 0 atom stereocenters. The fourth-order valence-electron chi connectivity index (χ4n) is 2.98. The van der Waals surface area contributed by atoms with Gasteiger partial charge in [-0.25, -0.2) is 0 Å². The number of nitrogens with zero attached hydrogens (tertiary/aromatic N) is 2. The second kappa shape index (κ2) is 11.4. The Labute approximate surface area is 196 Å². The van der Waals surface area contributed by atoms with Gasteiger partial charge in [0.05, 0.1) is 0 Å². The molecule has 3 aromatic carbocycles. The molecule has 0 bridgehead atoms. The number of benzene rings is 3. The van der Waals surface area contributed by atoms with E-state index in [1.54, 1.807) is 18.2 Å². The monoisotopic (exact) mass is 458 g/mol. The molecule has 1 aromatic heterocycles. The molecule has 1 heterocycles. The summed E-state index contributed by atoms with van der Waals surface area (Å²) in [5, 5.41) is 8.26. The van der Waals surface area contributed by atoms with Gasteiger partial charge in [-0.2, -0.15) is 8.78 Å². The van der Waals surface area contributed by atoms with Gasteiger partial charge in [-0.15, -0.1) is 10.2 Å². The molecule has 0 fully saturated rings. The maximum absolute atomic E-state index is 12.4. The van der Waals surface area contributed by atoms with Crippen molar-refractivity contribution in [3.05, 3.63) is 113 Å². The highest BCUT2D eigenvalue weighted by Gasteiger charge is 2.11. The summed E-state index contributed by atoms with van der Waals surface area (Å²) in [6.45, 7) is -2.28. The van der Waals surface area contributed by atoms with Gasteiger partial charge in [0, 0.05) is 11.6 Å². The van der Waals surface area contributed by atoms with E-state index in [2.05, 4.69) is 26.8 Å². The zero-order valence-corrected chi connectivity index (χ0v) is 18.0. The average Bonchev–Trinajstić information content (AvgIpc) is 2.86. The van der Waals surface area contributed by atoms with Crippen LogP contribution in [0.25, 0.3) is 0 Å². The van der Waals surface area contributed by atoms with E-state index in [0.717, 1.165) is 11.1 Å². The van der Waals surface area contributed by atoms with Crippen molar-refractivity contribution in [1.82, 2.24) is 10.2 Å². The highest BCUT2D eigenvalue weighted by atomic mass is 19.3. The second-order valence-corrected chi connectivity index (χ2v) is 7.10. The molecule has 0 saturated heterocycles. The van der Waals surface area contributed by atoms with Gasteiger partial charge >= 0.3 is 6.61 Å². The van der Waals surface area contributed by atoms with Crippen LogP contribution in [0.3, 0.4) is 0 Å². The third-order valence-electron chi connectivity index (χ3n) is 4.58. The lowest BCUT2D eigenvalue weighted by atomic mass is 10.2. The van der Waals surface area contributed by atoms with E-state index in [1.807, 2.05) is 60.7 Å². The maximum atomic E-state index is 12.4. The summed E-state index contributed by atoms with van der Waals surface area (Å²) >= 11 is 0. The van der Waals surface area contributed by atoms with Crippen LogP contribution in [0.4, 0.5) is 8.78 Å². The fraction of sp³-hybridized carbons (Fsp3) is 0.111. The summed E-state index contributed by atoms with van der Waals surface area (Å²) in [6.07, 6.45) is 0. The lowest BCUT2D eigenvalue weighted by molar-refractivity contribution is -0.0498. The van der Waals surface area contributed by atoms with Crippen LogP contribution in [0.2, 0.25) is 0 Å². The third-order valence-corrected chi connectivity index (χ3v) is 4.58. The molecule has 0 aliphatic carbocycles. The van der Waals surface area contributed by atoms with Crippen molar-refractivity contribution >= 4 is 0 Å². The summed E-state index contributed by atoms with van der Waals surface area (Å²) in [4.78, 5) is 0. The van der Waals surface area contributed by atoms with Gasteiger partial charge < -0.3 is 14.2 Å². The second-order valence-electron chi connectivity index (χ2n) is 7.10. The van der Waals surface area contributed by atoms with Gasteiger partial charge in [-0.3, -0.25) is 0 Å². The van der Waals surface area contributed by atoms with E-state index in [0.29, 0.717) is 30.2 Å². The summed E-state index contributed by atoms with van der Waals surface area (Å²) in [5.41, 5.74) is 2.80. The first kappa shape index (κ1) is 22.7. The van der Waals surface area contributed by atoms with Crippen LogP contribution < -0.4 is 14.2 Å². The minimum Gasteiger partial charge on any atom is -0.483 e. The first-order valence-electron chi connectivity index (χ1n) is 10.4. The molecule has 0 amide bonds. The maximum Gasteiger partial charge on any atom is 0.387 e. The van der Waals surface area contributed by atoms with Crippen LogP contribution in [0.1, 0.15) is 22.4 Å². The minimum absolute atomic E-state index is 0.0319. The molecule has 4 rings (SSSR count). The van der Waals surface area contributed by atoms with Gasteiger partial charge in [-0.05, 0) is 35.2 Å². The molecule has 0 aliphatic rings. The Hall–Kier alpha value is -4.44. The molecule has 0 unspecified atom stereocenters. The van der Waals surface area contributed by atoms with Crippen molar-refractivity contribution in [3.8, 4) is 29.2 Å². The molecule has 0 N–H and O–H groups in total. The Bertz CT molecular complexity index is 1270. The van der Waals surface area contributed by atoms with Gasteiger partial charge in [0.1, 0.15) is 24.7 Å². The van der Waals surface area contributed by atoms with E-state index in [-0.39, 0.29) is 11.6 Å². The standard InChI is InChI=1S/C27H20F2N2O3/c28-27(29)34-24-13-7-12-20(16-24)14-15-23-17-25(32-18-21-8-3-1-4-9-21)26(31-30-23)33-19-22-10-5-2-6-11-22/h1-13,16-17,27H,18-19H2. The predicted octanol–water partition coefficient (Wildman–Crippen LogP) is 5.64. The number of hydrogen-bond donors (Lipinski definition) is 0. The fourth-order valence-corrected chi connectivity index (χ4v) is 2.98. The van der Waals surface area contributed by atoms with Crippen LogP contribution in [0.5, 0.6) is 17.4 Å². The van der Waals surface area contributed by atoms with Crippen LogP contribution >= 0.6 is 0 Å². The first-order valence-corrected chi connectivity index (χ1v) is 10.4. The van der Waals surface area contributed by atoms with Gasteiger partial charge in [0.25, 0.3) is 5.88 Å². The Morgan fingerprint density at radius 3 is 2.06 bits per heavy atom. The highest BCUT2D eigenvalue weighted by molar-refractivity contribution is 5.46. The molecule has 4 aromatic rings. The van der Waals surface area contributed by atoms with E-state index < -0.39 is 6.61 Å². The smallest absolute Gasteiger partial charge is 0.387 e. The molecular weight excluding hydrogens is 438 g/mol. The number of hydrogen-bond acceptors (Lipinski definition) is 5. The van der Waals surface area contributed by atoms with Crippen LogP contribution in [-0.2, 0) is 13.2 Å². The zero-order chi connectivity index (χ0) is 23.6. The van der Waals surface area contributed by atoms with E-state index in [1.165, 1.54) is 12.1 Å². The van der Waals surface area contributed by atoms with Crippen LogP contribution in [0.15, 0.2) is 91.0 Å².